The molecule has 0 aromatic rings. The molecule has 1 atom stereocenters. The van der Waals surface area contributed by atoms with E-state index in [9.17, 15) is 0 Å². The van der Waals surface area contributed by atoms with Crippen molar-refractivity contribution in [2.45, 2.75) is 57.4 Å². The van der Waals surface area contributed by atoms with Crippen molar-refractivity contribution in [1.82, 2.24) is 5.32 Å². The van der Waals surface area contributed by atoms with Gasteiger partial charge in [-0.3, -0.25) is 0 Å². The van der Waals surface area contributed by atoms with E-state index in [1.54, 1.807) is 0 Å². The predicted octanol–water partition coefficient (Wildman–Crippen LogP) is 2.53. The quantitative estimate of drug-likeness (QED) is 0.788. The molecule has 1 unspecified atom stereocenters. The highest BCUT2D eigenvalue weighted by atomic mass is 14.9. The third-order valence-corrected chi connectivity index (χ3v) is 6.68. The highest BCUT2D eigenvalue weighted by molar-refractivity contribution is 5.07. The molecule has 18 heavy (non-hydrogen) atoms. The van der Waals surface area contributed by atoms with E-state index in [1.807, 2.05) is 0 Å². The number of hydrogen-bond donors (Lipinski definition) is 2. The molecule has 2 heteroatoms. The molecule has 102 valence electrons. The molecule has 4 saturated carbocycles. The van der Waals surface area contributed by atoms with E-state index >= 15 is 0 Å². The molecule has 1 aliphatic heterocycles. The van der Waals surface area contributed by atoms with E-state index in [-0.39, 0.29) is 0 Å². The van der Waals surface area contributed by atoms with Gasteiger partial charge in [0.25, 0.3) is 0 Å². The predicted molar refractivity (Wildman–Crippen MR) is 74.2 cm³/mol. The summed E-state index contributed by atoms with van der Waals surface area (Å²) >= 11 is 0. The third kappa shape index (κ3) is 1.76. The summed E-state index contributed by atoms with van der Waals surface area (Å²) in [5.41, 5.74) is 7.39. The fraction of sp³-hybridized carbons (Fsp3) is 1.00. The average molecular weight is 248 g/mol. The molecular weight excluding hydrogens is 220 g/mol. The van der Waals surface area contributed by atoms with Gasteiger partial charge in [0, 0.05) is 6.04 Å². The standard InChI is InChI=1S/C16H28N2/c17-15(14-1-3-18-4-2-14)16-8-11-5-12(9-16)7-13(6-11)10-16/h11-15,18H,1-10,17H2. The van der Waals surface area contributed by atoms with Gasteiger partial charge in [-0.15, -0.1) is 0 Å². The van der Waals surface area contributed by atoms with Crippen LogP contribution in [-0.4, -0.2) is 19.1 Å². The number of nitrogens with one attached hydrogen (secondary N) is 1. The molecule has 1 heterocycles. The van der Waals surface area contributed by atoms with Gasteiger partial charge in [0.05, 0.1) is 0 Å². The van der Waals surface area contributed by atoms with Gasteiger partial charge >= 0.3 is 0 Å². The van der Waals surface area contributed by atoms with Gasteiger partial charge in [-0.1, -0.05) is 0 Å². The lowest BCUT2D eigenvalue weighted by atomic mass is 9.46. The van der Waals surface area contributed by atoms with Gasteiger partial charge in [-0.25, -0.2) is 0 Å². The van der Waals surface area contributed by atoms with Crippen molar-refractivity contribution in [1.29, 1.82) is 0 Å². The lowest BCUT2D eigenvalue weighted by Crippen LogP contribution is -2.57. The van der Waals surface area contributed by atoms with Crippen LogP contribution in [0.15, 0.2) is 0 Å². The van der Waals surface area contributed by atoms with Gasteiger partial charge < -0.3 is 11.1 Å². The fourth-order valence-electron chi connectivity index (χ4n) is 6.29. The molecule has 5 aliphatic rings. The second-order valence-electron chi connectivity index (χ2n) is 7.89. The number of rotatable bonds is 2. The lowest BCUT2D eigenvalue weighted by Gasteiger charge is -2.60. The Morgan fingerprint density at radius 2 is 1.39 bits per heavy atom. The summed E-state index contributed by atoms with van der Waals surface area (Å²) < 4.78 is 0. The van der Waals surface area contributed by atoms with Crippen LogP contribution >= 0.6 is 0 Å². The van der Waals surface area contributed by atoms with Crippen LogP contribution in [0.4, 0.5) is 0 Å². The average Bonchev–Trinajstić information content (AvgIpc) is 2.37. The van der Waals surface area contributed by atoms with Gasteiger partial charge in [-0.05, 0) is 93.5 Å². The lowest BCUT2D eigenvalue weighted by molar-refractivity contribution is -0.0789. The van der Waals surface area contributed by atoms with Crippen LogP contribution in [0.3, 0.4) is 0 Å². The monoisotopic (exact) mass is 248 g/mol. The molecule has 2 nitrogen and oxygen atoms in total. The Bertz CT molecular complexity index is 284. The minimum absolute atomic E-state index is 0.507. The molecule has 5 rings (SSSR count). The first-order chi connectivity index (χ1) is 8.75. The molecule has 5 fully saturated rings. The molecular formula is C16H28N2. The summed E-state index contributed by atoms with van der Waals surface area (Å²) in [6.07, 6.45) is 11.7. The summed E-state index contributed by atoms with van der Waals surface area (Å²) in [7, 11) is 0. The maximum absolute atomic E-state index is 6.82. The Morgan fingerprint density at radius 1 is 0.889 bits per heavy atom. The topological polar surface area (TPSA) is 38.0 Å². The van der Waals surface area contributed by atoms with Crippen molar-refractivity contribution in [3.05, 3.63) is 0 Å². The summed E-state index contributed by atoms with van der Waals surface area (Å²) in [6.45, 7) is 2.40. The number of piperidine rings is 1. The van der Waals surface area contributed by atoms with Gasteiger partial charge in [-0.2, -0.15) is 0 Å². The van der Waals surface area contributed by atoms with Crippen LogP contribution in [-0.2, 0) is 0 Å². The van der Waals surface area contributed by atoms with Crippen LogP contribution < -0.4 is 11.1 Å². The van der Waals surface area contributed by atoms with E-state index in [0.29, 0.717) is 11.5 Å². The zero-order chi connectivity index (χ0) is 12.2. The first kappa shape index (κ1) is 11.7. The van der Waals surface area contributed by atoms with Crippen LogP contribution in [0.25, 0.3) is 0 Å². The molecule has 4 aliphatic carbocycles. The molecule has 0 aromatic heterocycles. The molecule has 0 amide bonds. The van der Waals surface area contributed by atoms with E-state index < -0.39 is 0 Å². The molecule has 1 saturated heterocycles. The summed E-state index contributed by atoms with van der Waals surface area (Å²) in [5, 5.41) is 3.49. The SMILES string of the molecule is NC(C1CCNCC1)C12CC3CC(CC(C3)C1)C2. The Balaban J connectivity index is 1.55. The van der Waals surface area contributed by atoms with Crippen molar-refractivity contribution in [3.63, 3.8) is 0 Å². The molecule has 4 bridgehead atoms. The Kier molecular flexibility index (Phi) is 2.74. The van der Waals surface area contributed by atoms with Crippen molar-refractivity contribution >= 4 is 0 Å². The van der Waals surface area contributed by atoms with Gasteiger partial charge in [0.1, 0.15) is 0 Å². The maximum atomic E-state index is 6.82. The first-order valence-corrected chi connectivity index (χ1v) is 8.21. The van der Waals surface area contributed by atoms with Gasteiger partial charge in [0.2, 0.25) is 0 Å². The minimum Gasteiger partial charge on any atom is -0.327 e. The smallest absolute Gasteiger partial charge is 0.0125 e. The van der Waals surface area contributed by atoms with Crippen molar-refractivity contribution < 1.29 is 0 Å². The normalized spacial score (nSPS) is 49.5. The molecule has 0 aromatic carbocycles. The largest absolute Gasteiger partial charge is 0.327 e. The van der Waals surface area contributed by atoms with Crippen LogP contribution in [0.1, 0.15) is 51.4 Å². The van der Waals surface area contributed by atoms with Crippen molar-refractivity contribution in [2.24, 2.45) is 34.8 Å². The summed E-state index contributed by atoms with van der Waals surface area (Å²) in [4.78, 5) is 0. The first-order valence-electron chi connectivity index (χ1n) is 8.21. The summed E-state index contributed by atoms with van der Waals surface area (Å²) in [5.74, 6) is 3.94. The van der Waals surface area contributed by atoms with Crippen LogP contribution in [0.5, 0.6) is 0 Å². The molecule has 0 radical (unpaired) electrons. The zero-order valence-electron chi connectivity index (χ0n) is 11.5. The summed E-state index contributed by atoms with van der Waals surface area (Å²) in [6, 6.07) is 0.507. The minimum atomic E-state index is 0.507. The Hall–Kier alpha value is -0.0800. The highest BCUT2D eigenvalue weighted by Gasteiger charge is 2.54. The second kappa shape index (κ2) is 4.21. The van der Waals surface area contributed by atoms with Crippen molar-refractivity contribution in [2.75, 3.05) is 13.1 Å². The Morgan fingerprint density at radius 3 is 1.89 bits per heavy atom. The maximum Gasteiger partial charge on any atom is 0.0125 e. The second-order valence-corrected chi connectivity index (χ2v) is 7.89. The molecule has 0 spiro atoms. The number of nitrogens with two attached hydrogens (primary N) is 1. The van der Waals surface area contributed by atoms with Crippen LogP contribution in [0.2, 0.25) is 0 Å². The van der Waals surface area contributed by atoms with Gasteiger partial charge in [0.15, 0.2) is 0 Å². The van der Waals surface area contributed by atoms with E-state index in [2.05, 4.69) is 5.32 Å². The third-order valence-electron chi connectivity index (χ3n) is 6.68. The number of hydrogen-bond acceptors (Lipinski definition) is 2. The molecule has 3 N–H and O–H groups in total. The van der Waals surface area contributed by atoms with Crippen molar-refractivity contribution in [3.8, 4) is 0 Å². The Labute approximate surface area is 111 Å². The zero-order valence-corrected chi connectivity index (χ0v) is 11.5. The van der Waals surface area contributed by atoms with E-state index in [0.717, 1.165) is 23.7 Å². The fourth-order valence-corrected chi connectivity index (χ4v) is 6.29. The van der Waals surface area contributed by atoms with E-state index in [4.69, 9.17) is 5.73 Å². The highest BCUT2D eigenvalue weighted by Crippen LogP contribution is 2.61. The van der Waals surface area contributed by atoms with Crippen LogP contribution in [0, 0.1) is 29.1 Å². The van der Waals surface area contributed by atoms with E-state index in [1.165, 1.54) is 64.5 Å².